The van der Waals surface area contributed by atoms with E-state index in [1.807, 2.05) is 22.6 Å². The monoisotopic (exact) mass is 670 g/mol. The maximum Gasteiger partial charge on any atom is 0.326 e. The van der Waals surface area contributed by atoms with Gasteiger partial charge in [0, 0.05) is 10.4 Å². The molecule has 33 heavy (non-hydrogen) atoms. The highest BCUT2D eigenvalue weighted by atomic mass is 127. The van der Waals surface area contributed by atoms with E-state index >= 15 is 0 Å². The topological polar surface area (TPSA) is 95.9 Å². The van der Waals surface area contributed by atoms with Crippen LogP contribution in [-0.4, -0.2) is 38.4 Å². The molecule has 0 saturated heterocycles. The van der Waals surface area contributed by atoms with E-state index in [2.05, 4.69) is 21.2 Å². The normalized spacial score (nSPS) is 11.8. The van der Waals surface area contributed by atoms with Gasteiger partial charge in [-0.15, -0.1) is 0 Å². The van der Waals surface area contributed by atoms with Crippen LogP contribution in [0.2, 0.25) is 10.0 Å². The zero-order chi connectivity index (χ0) is 24.9. The molecule has 0 aliphatic carbocycles. The summed E-state index contributed by atoms with van der Waals surface area (Å²) in [5, 5.41) is 12.4. The quantitative estimate of drug-likeness (QED) is 0.183. The molecule has 1 atom stereocenters. The van der Waals surface area contributed by atoms with Gasteiger partial charge in [0.25, 0.3) is 0 Å². The van der Waals surface area contributed by atoms with Gasteiger partial charge >= 0.3 is 5.97 Å². The van der Waals surface area contributed by atoms with E-state index in [1.165, 1.54) is 11.8 Å². The van der Waals surface area contributed by atoms with Crippen LogP contribution in [0.15, 0.2) is 34.8 Å². The molecule has 2 N–H and O–H groups in total. The van der Waals surface area contributed by atoms with Gasteiger partial charge in [0.2, 0.25) is 11.8 Å². The molecule has 1 unspecified atom stereocenters. The van der Waals surface area contributed by atoms with Gasteiger partial charge in [-0.25, -0.2) is 4.79 Å². The highest BCUT2D eigenvalue weighted by molar-refractivity contribution is 14.1. The Balaban J connectivity index is 2.19. The molecule has 11 heteroatoms. The van der Waals surface area contributed by atoms with Crippen LogP contribution in [0.4, 0.5) is 5.69 Å². The largest absolute Gasteiger partial charge is 0.480 e. The fraction of sp³-hybridized carbons (Fsp3) is 0.318. The number of ether oxygens (including phenoxy) is 1. The van der Waals surface area contributed by atoms with Crippen LogP contribution >= 0.6 is 61.7 Å². The van der Waals surface area contributed by atoms with Crippen LogP contribution in [-0.2, 0) is 20.8 Å². The molecule has 0 aliphatic heterocycles. The second kappa shape index (κ2) is 12.2. The Labute approximate surface area is 224 Å². The first-order valence-corrected chi connectivity index (χ1v) is 12.9. The number of amides is 2. The van der Waals surface area contributed by atoms with Gasteiger partial charge in [0.1, 0.15) is 11.8 Å². The Morgan fingerprint density at radius 3 is 2.24 bits per heavy atom. The molecule has 7 nitrogen and oxygen atoms in total. The summed E-state index contributed by atoms with van der Waals surface area (Å²) < 4.78 is 6.70. The number of anilines is 1. The summed E-state index contributed by atoms with van der Waals surface area (Å²) in [6.07, 6.45) is -0.0594. The van der Waals surface area contributed by atoms with E-state index in [0.29, 0.717) is 21.5 Å². The average molecular weight is 672 g/mol. The average Bonchev–Trinajstić information content (AvgIpc) is 2.72. The molecule has 0 heterocycles. The highest BCUT2D eigenvalue weighted by Crippen LogP contribution is 2.39. The second-order valence-corrected chi connectivity index (χ2v) is 9.80. The van der Waals surface area contributed by atoms with Crippen molar-refractivity contribution in [2.45, 2.75) is 33.2 Å². The van der Waals surface area contributed by atoms with Crippen LogP contribution < -0.4 is 10.1 Å². The number of hydrogen-bond donors (Lipinski definition) is 2. The van der Waals surface area contributed by atoms with Crippen molar-refractivity contribution in [3.8, 4) is 11.5 Å². The van der Waals surface area contributed by atoms with Gasteiger partial charge in [-0.2, -0.15) is 0 Å². The Morgan fingerprint density at radius 2 is 1.76 bits per heavy atom. The Hall–Kier alpha value is -1.56. The van der Waals surface area contributed by atoms with Gasteiger partial charge in [0.15, 0.2) is 5.75 Å². The van der Waals surface area contributed by atoms with Crippen LogP contribution in [0.5, 0.6) is 11.5 Å². The molecule has 2 rings (SSSR count). The Morgan fingerprint density at radius 1 is 1.15 bits per heavy atom. The Kier molecular flexibility index (Phi) is 10.3. The van der Waals surface area contributed by atoms with E-state index in [4.69, 9.17) is 27.9 Å². The second-order valence-electron chi connectivity index (χ2n) is 7.45. The van der Waals surface area contributed by atoms with Crippen molar-refractivity contribution in [3.05, 3.63) is 50.4 Å². The highest BCUT2D eigenvalue weighted by Gasteiger charge is 2.25. The zero-order valence-electron chi connectivity index (χ0n) is 18.0. The minimum absolute atomic E-state index is 0.0594. The van der Waals surface area contributed by atoms with E-state index in [0.717, 1.165) is 0 Å². The molecule has 2 aromatic rings. The van der Waals surface area contributed by atoms with Crippen molar-refractivity contribution >= 4 is 85.2 Å². The van der Waals surface area contributed by atoms with Crippen molar-refractivity contribution < 1.29 is 24.2 Å². The number of carbonyl (C=O) groups is 3. The summed E-state index contributed by atoms with van der Waals surface area (Å²) in [6, 6.07) is 7.20. The lowest BCUT2D eigenvalue weighted by molar-refractivity contribution is -0.148. The van der Waals surface area contributed by atoms with Gasteiger partial charge in [-0.1, -0.05) is 59.6 Å². The minimum Gasteiger partial charge on any atom is -0.480 e. The first-order valence-electron chi connectivity index (χ1n) is 9.79. The molecule has 0 aromatic heterocycles. The third kappa shape index (κ3) is 7.46. The molecule has 0 saturated carbocycles. The number of halogens is 4. The molecule has 2 aromatic carbocycles. The van der Waals surface area contributed by atoms with E-state index in [1.54, 1.807) is 44.2 Å². The van der Waals surface area contributed by atoms with E-state index < -0.39 is 12.0 Å². The first kappa shape index (κ1) is 27.7. The number of alkyl halides is 1. The van der Waals surface area contributed by atoms with Crippen molar-refractivity contribution in [2.75, 3.05) is 9.87 Å². The van der Waals surface area contributed by atoms with Crippen LogP contribution in [0, 0.1) is 5.92 Å². The number of rotatable bonds is 9. The smallest absolute Gasteiger partial charge is 0.326 e. The summed E-state index contributed by atoms with van der Waals surface area (Å²) in [4.78, 5) is 37.0. The lowest BCUT2D eigenvalue weighted by atomic mass is 10.1. The van der Waals surface area contributed by atoms with Gasteiger partial charge in [0.05, 0.1) is 26.7 Å². The Bertz CT molecular complexity index is 1040. The lowest BCUT2D eigenvalue weighted by Gasteiger charge is -2.24. The molecule has 178 valence electrons. The van der Waals surface area contributed by atoms with Crippen molar-refractivity contribution in [3.63, 3.8) is 0 Å². The predicted octanol–water partition coefficient (Wildman–Crippen LogP) is 6.38. The first-order chi connectivity index (χ1) is 15.4. The fourth-order valence-electron chi connectivity index (χ4n) is 2.66. The molecule has 0 radical (unpaired) electrons. The molecule has 2 amide bonds. The molecule has 0 bridgehead atoms. The summed E-state index contributed by atoms with van der Waals surface area (Å²) in [6.45, 7) is 5.05. The van der Waals surface area contributed by atoms with Crippen LogP contribution in [0.25, 0.3) is 0 Å². The zero-order valence-corrected chi connectivity index (χ0v) is 23.3. The summed E-state index contributed by atoms with van der Waals surface area (Å²) in [5.74, 6) is -1.07. The SMILES string of the molecule is CC(C)C(=O)Nc1ccc(Oc2c(Cl)cc(CC(=O)N(CI)C(C)C(=O)O)cc2Cl)cc1Br. The van der Waals surface area contributed by atoms with Crippen LogP contribution in [0.1, 0.15) is 26.3 Å². The molecule has 0 aliphatic rings. The number of nitrogens with one attached hydrogen (secondary N) is 1. The lowest BCUT2D eigenvalue weighted by Crippen LogP contribution is -2.43. The number of aliphatic carboxylic acids is 1. The van der Waals surface area contributed by atoms with Crippen molar-refractivity contribution in [1.29, 1.82) is 0 Å². The number of carboxylic acids is 1. The maximum atomic E-state index is 12.6. The van der Waals surface area contributed by atoms with Crippen molar-refractivity contribution in [2.24, 2.45) is 5.92 Å². The fourth-order valence-corrected chi connectivity index (χ4v) is 4.70. The molecular formula is C22H22BrCl2IN2O5. The third-order valence-corrected chi connectivity index (χ3v) is 6.58. The molecule has 0 fully saturated rings. The number of benzene rings is 2. The summed E-state index contributed by atoms with van der Waals surface area (Å²) in [7, 11) is 0. The molecule has 0 spiro atoms. The van der Waals surface area contributed by atoms with Gasteiger partial charge < -0.3 is 20.1 Å². The van der Waals surface area contributed by atoms with Crippen LogP contribution in [0.3, 0.4) is 0 Å². The maximum absolute atomic E-state index is 12.6. The third-order valence-electron chi connectivity index (χ3n) is 4.63. The number of carboxylic acid groups (broad SMARTS) is 1. The number of hydrogen-bond acceptors (Lipinski definition) is 4. The van der Waals surface area contributed by atoms with Crippen molar-refractivity contribution in [1.82, 2.24) is 4.90 Å². The van der Waals surface area contributed by atoms with E-state index in [9.17, 15) is 19.5 Å². The predicted molar refractivity (Wildman–Crippen MR) is 141 cm³/mol. The summed E-state index contributed by atoms with van der Waals surface area (Å²) in [5.41, 5.74) is 1.13. The number of carbonyl (C=O) groups excluding carboxylic acids is 2. The van der Waals surface area contributed by atoms with E-state index in [-0.39, 0.29) is 44.5 Å². The van der Waals surface area contributed by atoms with Gasteiger partial charge in [-0.05, 0) is 58.7 Å². The van der Waals surface area contributed by atoms with Gasteiger partial charge in [-0.3, -0.25) is 9.59 Å². The standard InChI is InChI=1S/C22H22BrCl2IN2O5/c1-11(2)21(30)27-18-5-4-14(9-15(18)23)33-20-16(24)6-13(7-17(20)25)8-19(29)28(10-26)12(3)22(31)32/h4-7,9,11-12H,8,10H2,1-3H3,(H,27,30)(H,31,32). The number of nitrogens with zero attached hydrogens (tertiary/aromatic N) is 1. The summed E-state index contributed by atoms with van der Waals surface area (Å²) >= 11 is 18.1. The minimum atomic E-state index is -1.08. The molecular weight excluding hydrogens is 650 g/mol.